The molecule has 0 heterocycles. The number of rotatable bonds is 6. The molecule has 0 amide bonds. The Balaban J connectivity index is 2.48. The number of halogens is 1. The number of sulfone groups is 2. The monoisotopic (exact) mass is 429 g/mol. The molecule has 0 spiro atoms. The second kappa shape index (κ2) is 7.81. The Hall–Kier alpha value is -1.57. The molecule has 0 N–H and O–H groups in total. The molecule has 5 nitrogen and oxygen atoms in total. The lowest BCUT2D eigenvalue weighted by molar-refractivity contribution is 0.573. The van der Waals surface area contributed by atoms with Crippen LogP contribution in [-0.2, 0) is 19.7 Å². The van der Waals surface area contributed by atoms with Crippen molar-refractivity contribution in [3.63, 3.8) is 0 Å². The molecule has 8 heteroatoms. The van der Waals surface area contributed by atoms with Gasteiger partial charge >= 0.3 is 0 Å². The van der Waals surface area contributed by atoms with Crippen LogP contribution in [0.3, 0.4) is 0 Å². The molecule has 2 aromatic carbocycles. The first kappa shape index (κ1) is 21.7. The quantitative estimate of drug-likeness (QED) is 0.698. The predicted molar refractivity (Wildman–Crippen MR) is 110 cm³/mol. The summed E-state index contributed by atoms with van der Waals surface area (Å²) in [6, 6.07) is 11.7. The number of anilines is 1. The summed E-state index contributed by atoms with van der Waals surface area (Å²) in [6.07, 6.45) is 2.14. The van der Waals surface area contributed by atoms with Crippen LogP contribution in [0.25, 0.3) is 0 Å². The standard InChI is InChI=1S/C19H24ClNO4S2/c1-13(15-6-8-16(20)9-7-15)14(2)21(3)18-11-10-17(26(4,22)23)12-19(18)27(5,24)25/h6-14H,1-5H3/t13-,14+/m0/s1. The smallest absolute Gasteiger partial charge is 0.177 e. The molecular weight excluding hydrogens is 406 g/mol. The molecule has 2 rings (SSSR count). The molecular formula is C19H24ClNO4S2. The van der Waals surface area contributed by atoms with E-state index in [9.17, 15) is 16.8 Å². The van der Waals surface area contributed by atoms with E-state index < -0.39 is 19.7 Å². The first-order valence-electron chi connectivity index (χ1n) is 8.35. The Morgan fingerprint density at radius 1 is 0.889 bits per heavy atom. The summed E-state index contributed by atoms with van der Waals surface area (Å²) in [5.74, 6) is 0.0919. The summed E-state index contributed by atoms with van der Waals surface area (Å²) in [4.78, 5) is 1.85. The van der Waals surface area contributed by atoms with Crippen LogP contribution in [0.4, 0.5) is 5.69 Å². The van der Waals surface area contributed by atoms with Gasteiger partial charge in [-0.15, -0.1) is 0 Å². The van der Waals surface area contributed by atoms with E-state index in [1.54, 1.807) is 13.1 Å². The molecule has 0 saturated carbocycles. The van der Waals surface area contributed by atoms with E-state index in [1.807, 2.05) is 36.1 Å². The Bertz CT molecular complexity index is 1030. The molecule has 0 aromatic heterocycles. The van der Waals surface area contributed by atoms with Crippen LogP contribution in [-0.4, -0.2) is 42.4 Å². The normalized spacial score (nSPS) is 14.6. The van der Waals surface area contributed by atoms with E-state index in [-0.39, 0.29) is 21.8 Å². The predicted octanol–water partition coefficient (Wildman–Crippen LogP) is 3.78. The van der Waals surface area contributed by atoms with Gasteiger partial charge in [0.25, 0.3) is 0 Å². The summed E-state index contributed by atoms with van der Waals surface area (Å²) in [5, 5.41) is 0.655. The molecule has 0 unspecified atom stereocenters. The van der Waals surface area contributed by atoms with E-state index in [1.165, 1.54) is 12.1 Å². The molecule has 27 heavy (non-hydrogen) atoms. The van der Waals surface area contributed by atoms with Gasteiger partial charge in [0, 0.05) is 36.5 Å². The molecule has 0 saturated heterocycles. The zero-order chi connectivity index (χ0) is 20.6. The SMILES string of the molecule is C[C@H](c1ccc(Cl)cc1)[C@@H](C)N(C)c1ccc(S(C)(=O)=O)cc1S(C)(=O)=O. The number of hydrogen-bond donors (Lipinski definition) is 0. The summed E-state index contributed by atoms with van der Waals surface area (Å²) >= 11 is 5.95. The fourth-order valence-electron chi connectivity index (χ4n) is 2.91. The maximum atomic E-state index is 12.3. The van der Waals surface area contributed by atoms with Crippen molar-refractivity contribution in [1.82, 2.24) is 0 Å². The second-order valence-corrected chi connectivity index (χ2v) is 11.3. The fraction of sp³-hybridized carbons (Fsp3) is 0.368. The first-order valence-corrected chi connectivity index (χ1v) is 12.5. The lowest BCUT2D eigenvalue weighted by Crippen LogP contribution is -2.34. The van der Waals surface area contributed by atoms with Crippen molar-refractivity contribution >= 4 is 37.0 Å². The highest BCUT2D eigenvalue weighted by molar-refractivity contribution is 7.91. The maximum Gasteiger partial charge on any atom is 0.177 e. The summed E-state index contributed by atoms with van der Waals surface area (Å²) in [7, 11) is -5.31. The minimum Gasteiger partial charge on any atom is -0.370 e. The van der Waals surface area contributed by atoms with E-state index in [0.717, 1.165) is 18.1 Å². The average molecular weight is 430 g/mol. The van der Waals surface area contributed by atoms with Crippen molar-refractivity contribution in [2.45, 2.75) is 35.6 Å². The summed E-state index contributed by atoms with van der Waals surface area (Å²) in [5.41, 5.74) is 1.55. The third-order valence-electron chi connectivity index (χ3n) is 4.87. The van der Waals surface area contributed by atoms with E-state index in [2.05, 4.69) is 6.92 Å². The number of hydrogen-bond acceptors (Lipinski definition) is 5. The van der Waals surface area contributed by atoms with Crippen molar-refractivity contribution in [2.24, 2.45) is 0 Å². The van der Waals surface area contributed by atoms with Gasteiger partial charge < -0.3 is 4.90 Å². The minimum absolute atomic E-state index is 0.00285. The molecule has 2 atom stereocenters. The third kappa shape index (κ3) is 5.03. The molecule has 148 valence electrons. The molecule has 0 aliphatic rings. The average Bonchev–Trinajstić information content (AvgIpc) is 2.58. The molecule has 0 radical (unpaired) electrons. The molecule has 0 fully saturated rings. The molecule has 0 aliphatic heterocycles. The highest BCUT2D eigenvalue weighted by Crippen LogP contribution is 2.32. The van der Waals surface area contributed by atoms with Crippen LogP contribution < -0.4 is 4.90 Å². The highest BCUT2D eigenvalue weighted by Gasteiger charge is 2.25. The molecule has 0 bridgehead atoms. The van der Waals surface area contributed by atoms with Crippen LogP contribution >= 0.6 is 11.6 Å². The Morgan fingerprint density at radius 3 is 1.93 bits per heavy atom. The minimum atomic E-state index is -3.61. The fourth-order valence-corrected chi connectivity index (χ4v) is 4.69. The lowest BCUT2D eigenvalue weighted by Gasteiger charge is -2.33. The Labute approximate surface area is 166 Å². The number of benzene rings is 2. The van der Waals surface area contributed by atoms with Gasteiger partial charge in [-0.2, -0.15) is 0 Å². The third-order valence-corrected chi connectivity index (χ3v) is 7.36. The largest absolute Gasteiger partial charge is 0.370 e. The van der Waals surface area contributed by atoms with Gasteiger partial charge in [-0.25, -0.2) is 16.8 Å². The van der Waals surface area contributed by atoms with Crippen molar-refractivity contribution in [1.29, 1.82) is 0 Å². The van der Waals surface area contributed by atoms with Gasteiger partial charge in [0.1, 0.15) is 0 Å². The molecule has 0 aliphatic carbocycles. The highest BCUT2D eigenvalue weighted by atomic mass is 35.5. The van der Waals surface area contributed by atoms with Crippen LogP contribution in [0.1, 0.15) is 25.3 Å². The van der Waals surface area contributed by atoms with Gasteiger partial charge in [-0.1, -0.05) is 30.7 Å². The van der Waals surface area contributed by atoms with Crippen LogP contribution in [0, 0.1) is 0 Å². The Morgan fingerprint density at radius 2 is 1.44 bits per heavy atom. The first-order chi connectivity index (χ1) is 12.3. The van der Waals surface area contributed by atoms with Gasteiger partial charge in [-0.3, -0.25) is 0 Å². The van der Waals surface area contributed by atoms with Crippen LogP contribution in [0.15, 0.2) is 52.3 Å². The van der Waals surface area contributed by atoms with Gasteiger partial charge in [0.05, 0.1) is 15.5 Å². The topological polar surface area (TPSA) is 71.5 Å². The van der Waals surface area contributed by atoms with Crippen LogP contribution in [0.5, 0.6) is 0 Å². The lowest BCUT2D eigenvalue weighted by atomic mass is 9.93. The van der Waals surface area contributed by atoms with E-state index in [4.69, 9.17) is 11.6 Å². The van der Waals surface area contributed by atoms with Crippen molar-refractivity contribution in [2.75, 3.05) is 24.5 Å². The Kier molecular flexibility index (Phi) is 6.29. The number of nitrogens with zero attached hydrogens (tertiary/aromatic N) is 1. The maximum absolute atomic E-state index is 12.3. The van der Waals surface area contributed by atoms with E-state index in [0.29, 0.717) is 10.7 Å². The number of likely N-dealkylation sites (N-methyl/N-ethyl adjacent to an activating group) is 1. The van der Waals surface area contributed by atoms with Crippen LogP contribution in [0.2, 0.25) is 5.02 Å². The summed E-state index contributed by atoms with van der Waals surface area (Å²) in [6.45, 7) is 4.05. The van der Waals surface area contributed by atoms with E-state index >= 15 is 0 Å². The molecule has 2 aromatic rings. The van der Waals surface area contributed by atoms with Gasteiger partial charge in [0.15, 0.2) is 19.7 Å². The van der Waals surface area contributed by atoms with Crippen molar-refractivity contribution < 1.29 is 16.8 Å². The second-order valence-electron chi connectivity index (χ2n) is 6.87. The zero-order valence-electron chi connectivity index (χ0n) is 16.0. The van der Waals surface area contributed by atoms with Crippen molar-refractivity contribution in [3.8, 4) is 0 Å². The van der Waals surface area contributed by atoms with Gasteiger partial charge in [-0.05, 0) is 42.8 Å². The van der Waals surface area contributed by atoms with Gasteiger partial charge in [0.2, 0.25) is 0 Å². The van der Waals surface area contributed by atoms with Crippen molar-refractivity contribution in [3.05, 3.63) is 53.1 Å². The summed E-state index contributed by atoms with van der Waals surface area (Å²) < 4.78 is 48.3. The zero-order valence-corrected chi connectivity index (χ0v) is 18.4.